The van der Waals surface area contributed by atoms with Gasteiger partial charge in [-0.25, -0.2) is 28.3 Å². The van der Waals surface area contributed by atoms with Crippen LogP contribution in [0.4, 0.5) is 8.78 Å². The Kier molecular flexibility index (Phi) is 11.7. The van der Waals surface area contributed by atoms with Crippen LogP contribution >= 0.6 is 0 Å². The monoisotopic (exact) mass is 534 g/mol. The van der Waals surface area contributed by atoms with Crippen LogP contribution in [0.1, 0.15) is 41.8 Å². The second-order valence-corrected chi connectivity index (χ2v) is 8.79. The first-order valence-electron chi connectivity index (χ1n) is 11.9. The maximum absolute atomic E-state index is 12.7. The number of aromatic nitrogens is 2. The van der Waals surface area contributed by atoms with Gasteiger partial charge in [0.15, 0.2) is 6.61 Å². The quantitative estimate of drug-likeness (QED) is 0.465. The zero-order valence-corrected chi connectivity index (χ0v) is 21.5. The number of benzene rings is 1. The van der Waals surface area contributed by atoms with Crippen LogP contribution in [-0.2, 0) is 20.9 Å². The predicted octanol–water partition coefficient (Wildman–Crippen LogP) is 3.24. The number of likely N-dealkylation sites (tertiary alicyclic amines) is 1. The van der Waals surface area contributed by atoms with Crippen LogP contribution < -0.4 is 4.74 Å². The fourth-order valence-electron chi connectivity index (χ4n) is 3.82. The normalized spacial score (nSPS) is 14.2. The molecule has 2 N–H and O–H groups in total. The first-order chi connectivity index (χ1) is 17.9. The largest absolute Gasteiger partial charge is 0.478 e. The highest BCUT2D eigenvalue weighted by molar-refractivity contribution is 5.89. The summed E-state index contributed by atoms with van der Waals surface area (Å²) in [4.78, 5) is 44.0. The molecule has 0 unspecified atom stereocenters. The molecular weight excluding hydrogens is 502 g/mol. The predicted molar refractivity (Wildman–Crippen MR) is 134 cm³/mol. The van der Waals surface area contributed by atoms with Gasteiger partial charge in [0.05, 0.1) is 0 Å². The Morgan fingerprint density at radius 2 is 1.58 bits per heavy atom. The Balaban J connectivity index is 0.000000550. The maximum atomic E-state index is 12.7. The number of halogens is 2. The molecule has 1 aliphatic rings. The summed E-state index contributed by atoms with van der Waals surface area (Å²) < 4.78 is 30.8. The van der Waals surface area contributed by atoms with E-state index in [-0.39, 0.29) is 30.1 Å². The van der Waals surface area contributed by atoms with E-state index in [1.807, 2.05) is 19.9 Å². The number of hydrogen-bond acceptors (Lipinski definition) is 7. The zero-order valence-electron chi connectivity index (χ0n) is 21.5. The van der Waals surface area contributed by atoms with E-state index in [2.05, 4.69) is 14.9 Å². The molecule has 38 heavy (non-hydrogen) atoms. The number of rotatable bonds is 9. The van der Waals surface area contributed by atoms with Crippen LogP contribution in [-0.4, -0.2) is 80.6 Å². The van der Waals surface area contributed by atoms with Gasteiger partial charge in [-0.2, -0.15) is 0 Å². The molecular formula is C26H32F2N4O6. The second kappa shape index (κ2) is 14.7. The van der Waals surface area contributed by atoms with E-state index in [0.717, 1.165) is 49.4 Å². The number of ether oxygens (including phenoxy) is 1. The second-order valence-electron chi connectivity index (χ2n) is 8.79. The van der Waals surface area contributed by atoms with Crippen LogP contribution in [0.5, 0.6) is 6.01 Å². The maximum Gasteiger partial charge on any atom is 0.328 e. The van der Waals surface area contributed by atoms with Crippen molar-refractivity contribution in [3.05, 3.63) is 65.0 Å². The molecule has 0 spiro atoms. The number of amides is 1. The smallest absolute Gasteiger partial charge is 0.328 e. The van der Waals surface area contributed by atoms with E-state index >= 15 is 0 Å². The van der Waals surface area contributed by atoms with Crippen LogP contribution in [0.2, 0.25) is 0 Å². The Bertz CT molecular complexity index is 1080. The highest BCUT2D eigenvalue weighted by atomic mass is 19.3. The SMILES string of the molecule is Cc1cc(C)nc(OCC(=O)N(C)C2CCN(Cc3ccc(C(F)F)cc3)CC2)n1.O=C(O)/C=C\C(=O)O. The summed E-state index contributed by atoms with van der Waals surface area (Å²) in [5.74, 6) is -2.61. The molecule has 1 saturated heterocycles. The molecule has 2 heterocycles. The summed E-state index contributed by atoms with van der Waals surface area (Å²) in [6, 6.07) is 8.71. The summed E-state index contributed by atoms with van der Waals surface area (Å²) >= 11 is 0. The summed E-state index contributed by atoms with van der Waals surface area (Å²) in [6.45, 7) is 6.05. The minimum Gasteiger partial charge on any atom is -0.478 e. The van der Waals surface area contributed by atoms with Crippen molar-refractivity contribution < 1.29 is 38.1 Å². The Morgan fingerprint density at radius 1 is 1.05 bits per heavy atom. The molecule has 0 radical (unpaired) electrons. The molecule has 206 valence electrons. The number of carboxylic acid groups (broad SMARTS) is 2. The van der Waals surface area contributed by atoms with E-state index in [1.54, 1.807) is 24.1 Å². The van der Waals surface area contributed by atoms with Gasteiger partial charge in [0.2, 0.25) is 0 Å². The minimum atomic E-state index is -2.44. The molecule has 0 aliphatic carbocycles. The lowest BCUT2D eigenvalue weighted by Gasteiger charge is -2.36. The highest BCUT2D eigenvalue weighted by Crippen LogP contribution is 2.21. The number of piperidine rings is 1. The third-order valence-corrected chi connectivity index (χ3v) is 5.79. The average Bonchev–Trinajstić information content (AvgIpc) is 2.86. The Morgan fingerprint density at radius 3 is 2.05 bits per heavy atom. The number of carbonyl (C=O) groups is 3. The van der Waals surface area contributed by atoms with Gasteiger partial charge in [-0.05, 0) is 38.3 Å². The van der Waals surface area contributed by atoms with Crippen molar-refractivity contribution in [1.82, 2.24) is 19.8 Å². The molecule has 1 amide bonds. The van der Waals surface area contributed by atoms with Crippen molar-refractivity contribution in [2.24, 2.45) is 0 Å². The van der Waals surface area contributed by atoms with Crippen molar-refractivity contribution in [2.75, 3.05) is 26.7 Å². The van der Waals surface area contributed by atoms with E-state index in [4.69, 9.17) is 14.9 Å². The third-order valence-electron chi connectivity index (χ3n) is 5.79. The third kappa shape index (κ3) is 10.6. The number of likely N-dealkylation sites (N-methyl/N-ethyl adjacent to an activating group) is 1. The summed E-state index contributed by atoms with van der Waals surface area (Å²) in [5, 5.41) is 15.6. The van der Waals surface area contributed by atoms with Gasteiger partial charge < -0.3 is 19.8 Å². The fourth-order valence-corrected chi connectivity index (χ4v) is 3.82. The highest BCUT2D eigenvalue weighted by Gasteiger charge is 2.26. The minimum absolute atomic E-state index is 0.0473. The van der Waals surface area contributed by atoms with E-state index in [1.165, 1.54) is 12.1 Å². The first kappa shape index (κ1) is 30.3. The van der Waals surface area contributed by atoms with Crippen molar-refractivity contribution in [3.8, 4) is 6.01 Å². The number of carboxylic acids is 2. The van der Waals surface area contributed by atoms with Gasteiger partial charge in [-0.1, -0.05) is 24.3 Å². The van der Waals surface area contributed by atoms with Crippen molar-refractivity contribution in [1.29, 1.82) is 0 Å². The number of nitrogens with zero attached hydrogens (tertiary/aromatic N) is 4. The Hall–Kier alpha value is -3.93. The summed E-state index contributed by atoms with van der Waals surface area (Å²) in [5.41, 5.74) is 2.67. The van der Waals surface area contributed by atoms with E-state index in [9.17, 15) is 23.2 Å². The van der Waals surface area contributed by atoms with Gasteiger partial charge >= 0.3 is 17.9 Å². The lowest BCUT2D eigenvalue weighted by Crippen LogP contribution is -2.46. The van der Waals surface area contributed by atoms with Crippen LogP contribution in [0.3, 0.4) is 0 Å². The van der Waals surface area contributed by atoms with Crippen LogP contribution in [0.25, 0.3) is 0 Å². The van der Waals surface area contributed by atoms with E-state index in [0.29, 0.717) is 12.2 Å². The molecule has 0 saturated carbocycles. The standard InChI is InChI=1S/C22H28F2N4O2.C4H4O4/c1-15-12-16(2)26-22(25-15)30-14-20(29)27(3)19-8-10-28(11-9-19)13-17-4-6-18(7-5-17)21(23)24;5-3(6)1-2-4(7)8/h4-7,12,19,21H,8-11,13-14H2,1-3H3;1-2H,(H,5,6)(H,7,8)/b;2-1-. The molecule has 10 nitrogen and oxygen atoms in total. The van der Waals surface area contributed by atoms with Gasteiger partial charge in [0.25, 0.3) is 12.3 Å². The van der Waals surface area contributed by atoms with Crippen molar-refractivity contribution in [2.45, 2.75) is 45.7 Å². The number of aliphatic carboxylic acids is 2. The topological polar surface area (TPSA) is 133 Å². The summed E-state index contributed by atoms with van der Waals surface area (Å²) in [7, 11) is 1.80. The van der Waals surface area contributed by atoms with Crippen molar-refractivity contribution in [3.63, 3.8) is 0 Å². The average molecular weight is 535 g/mol. The number of carbonyl (C=O) groups excluding carboxylic acids is 1. The molecule has 3 rings (SSSR count). The van der Waals surface area contributed by atoms with Gasteiger partial charge in [-0.15, -0.1) is 0 Å². The first-order valence-corrected chi connectivity index (χ1v) is 11.9. The number of hydrogen-bond donors (Lipinski definition) is 2. The number of alkyl halides is 2. The molecule has 12 heteroatoms. The molecule has 1 fully saturated rings. The van der Waals surface area contributed by atoms with Gasteiger partial charge in [-0.3, -0.25) is 9.69 Å². The Labute approximate surface area is 219 Å². The molecule has 0 bridgehead atoms. The van der Waals surface area contributed by atoms with Crippen LogP contribution in [0.15, 0.2) is 42.5 Å². The lowest BCUT2D eigenvalue weighted by molar-refractivity contribution is -0.135. The zero-order chi connectivity index (χ0) is 28.2. The molecule has 1 aromatic carbocycles. The fraction of sp³-hybridized carbons (Fsp3) is 0.423. The lowest BCUT2D eigenvalue weighted by atomic mass is 10.0. The van der Waals surface area contributed by atoms with Gasteiger partial charge in [0, 0.05) is 61.8 Å². The molecule has 2 aromatic rings. The molecule has 1 aromatic heterocycles. The van der Waals surface area contributed by atoms with E-state index < -0.39 is 18.4 Å². The number of aryl methyl sites for hydroxylation is 2. The van der Waals surface area contributed by atoms with Crippen molar-refractivity contribution >= 4 is 17.8 Å². The summed E-state index contributed by atoms with van der Waals surface area (Å²) in [6.07, 6.45) is 0.396. The molecule has 1 aliphatic heterocycles. The van der Waals surface area contributed by atoms with Gasteiger partial charge in [0.1, 0.15) is 0 Å². The molecule has 0 atom stereocenters. The van der Waals surface area contributed by atoms with Crippen LogP contribution in [0, 0.1) is 13.8 Å².